The number of aromatic hydroxyl groups is 2. The second-order valence-corrected chi connectivity index (χ2v) is 3.83. The van der Waals surface area contributed by atoms with Crippen LogP contribution >= 0.6 is 0 Å². The average molecular weight is 224 g/mol. The lowest BCUT2D eigenvalue weighted by molar-refractivity contribution is 0.281. The van der Waals surface area contributed by atoms with Crippen LogP contribution in [-0.2, 0) is 6.42 Å². The second kappa shape index (κ2) is 6.26. The first kappa shape index (κ1) is 12.7. The SMILES string of the molecule is CCCCCOc1c(CC)ccc(O)c1O. The Balaban J connectivity index is 2.72. The van der Waals surface area contributed by atoms with Crippen molar-refractivity contribution in [3.05, 3.63) is 17.7 Å². The fourth-order valence-electron chi connectivity index (χ4n) is 1.57. The highest BCUT2D eigenvalue weighted by molar-refractivity contribution is 5.54. The van der Waals surface area contributed by atoms with Gasteiger partial charge in [-0.15, -0.1) is 0 Å². The third kappa shape index (κ3) is 3.05. The molecule has 0 aliphatic heterocycles. The zero-order valence-corrected chi connectivity index (χ0v) is 9.99. The second-order valence-electron chi connectivity index (χ2n) is 3.83. The predicted molar refractivity (Wildman–Crippen MR) is 64.2 cm³/mol. The fraction of sp³-hybridized carbons (Fsp3) is 0.538. The van der Waals surface area contributed by atoms with Crippen LogP contribution in [0, 0.1) is 0 Å². The molecule has 0 spiro atoms. The third-order valence-corrected chi connectivity index (χ3v) is 2.57. The van der Waals surface area contributed by atoms with Gasteiger partial charge in [-0.05, 0) is 24.5 Å². The molecule has 1 aromatic rings. The molecular formula is C13H20O3. The highest BCUT2D eigenvalue weighted by atomic mass is 16.5. The van der Waals surface area contributed by atoms with Crippen molar-refractivity contribution in [2.45, 2.75) is 39.5 Å². The van der Waals surface area contributed by atoms with Crippen molar-refractivity contribution < 1.29 is 14.9 Å². The van der Waals surface area contributed by atoms with Gasteiger partial charge in [-0.2, -0.15) is 0 Å². The van der Waals surface area contributed by atoms with Crippen LogP contribution in [0.5, 0.6) is 17.2 Å². The van der Waals surface area contributed by atoms with E-state index in [1.165, 1.54) is 6.07 Å². The van der Waals surface area contributed by atoms with Crippen molar-refractivity contribution in [2.75, 3.05) is 6.61 Å². The molecule has 0 aliphatic carbocycles. The van der Waals surface area contributed by atoms with Gasteiger partial charge < -0.3 is 14.9 Å². The maximum absolute atomic E-state index is 9.69. The van der Waals surface area contributed by atoms with E-state index in [1.807, 2.05) is 6.92 Å². The number of aryl methyl sites for hydroxylation is 1. The largest absolute Gasteiger partial charge is 0.504 e. The first-order valence-corrected chi connectivity index (χ1v) is 5.87. The standard InChI is InChI=1S/C13H20O3/c1-3-5-6-9-16-13-10(4-2)7-8-11(14)12(13)15/h7-8,14-15H,3-6,9H2,1-2H3. The Morgan fingerprint density at radius 3 is 2.50 bits per heavy atom. The van der Waals surface area contributed by atoms with Crippen molar-refractivity contribution in [1.29, 1.82) is 0 Å². The molecule has 0 saturated heterocycles. The number of rotatable bonds is 6. The predicted octanol–water partition coefficient (Wildman–Crippen LogP) is 3.23. The lowest BCUT2D eigenvalue weighted by atomic mass is 10.1. The first-order valence-electron chi connectivity index (χ1n) is 5.87. The lowest BCUT2D eigenvalue weighted by Gasteiger charge is -2.12. The molecule has 90 valence electrons. The summed E-state index contributed by atoms with van der Waals surface area (Å²) in [5.41, 5.74) is 0.923. The Morgan fingerprint density at radius 1 is 1.12 bits per heavy atom. The van der Waals surface area contributed by atoms with Crippen LogP contribution in [0.1, 0.15) is 38.7 Å². The summed E-state index contributed by atoms with van der Waals surface area (Å²) in [6.45, 7) is 4.70. The molecule has 1 rings (SSSR count). The Labute approximate surface area is 96.7 Å². The monoisotopic (exact) mass is 224 g/mol. The smallest absolute Gasteiger partial charge is 0.200 e. The summed E-state index contributed by atoms with van der Waals surface area (Å²) >= 11 is 0. The van der Waals surface area contributed by atoms with Crippen LogP contribution < -0.4 is 4.74 Å². The Bertz CT molecular complexity index is 334. The third-order valence-electron chi connectivity index (χ3n) is 2.57. The van der Waals surface area contributed by atoms with E-state index in [2.05, 4.69) is 6.92 Å². The van der Waals surface area contributed by atoms with E-state index in [9.17, 15) is 10.2 Å². The average Bonchev–Trinajstić information content (AvgIpc) is 2.30. The Kier molecular flexibility index (Phi) is 4.96. The minimum atomic E-state index is -0.143. The van der Waals surface area contributed by atoms with Gasteiger partial charge in [0.25, 0.3) is 0 Å². The Hall–Kier alpha value is -1.38. The van der Waals surface area contributed by atoms with Crippen molar-refractivity contribution in [2.24, 2.45) is 0 Å². The number of benzene rings is 1. The Morgan fingerprint density at radius 2 is 1.88 bits per heavy atom. The van der Waals surface area contributed by atoms with E-state index in [0.717, 1.165) is 31.2 Å². The number of hydrogen-bond acceptors (Lipinski definition) is 3. The highest BCUT2D eigenvalue weighted by Gasteiger charge is 2.12. The summed E-state index contributed by atoms with van der Waals surface area (Å²) in [5, 5.41) is 19.1. The van der Waals surface area contributed by atoms with Gasteiger partial charge in [0, 0.05) is 0 Å². The molecule has 0 saturated carbocycles. The first-order chi connectivity index (χ1) is 7.70. The number of phenols is 2. The van der Waals surface area contributed by atoms with E-state index >= 15 is 0 Å². The zero-order valence-electron chi connectivity index (χ0n) is 9.99. The molecule has 0 radical (unpaired) electrons. The van der Waals surface area contributed by atoms with Crippen LogP contribution in [0.3, 0.4) is 0 Å². The van der Waals surface area contributed by atoms with Gasteiger partial charge >= 0.3 is 0 Å². The van der Waals surface area contributed by atoms with Crippen molar-refractivity contribution in [1.82, 2.24) is 0 Å². The summed E-state index contributed by atoms with van der Waals surface area (Å²) in [4.78, 5) is 0. The van der Waals surface area contributed by atoms with Crippen LogP contribution in [-0.4, -0.2) is 16.8 Å². The molecular weight excluding hydrogens is 204 g/mol. The summed E-state index contributed by atoms with van der Waals surface area (Å²) < 4.78 is 5.53. The van der Waals surface area contributed by atoms with Gasteiger partial charge in [0.2, 0.25) is 5.75 Å². The normalized spacial score (nSPS) is 10.4. The number of ether oxygens (including phenoxy) is 1. The summed E-state index contributed by atoms with van der Waals surface area (Å²) in [5.74, 6) is 0.164. The molecule has 0 bridgehead atoms. The highest BCUT2D eigenvalue weighted by Crippen LogP contribution is 2.38. The van der Waals surface area contributed by atoms with E-state index < -0.39 is 0 Å². The van der Waals surface area contributed by atoms with E-state index in [-0.39, 0.29) is 11.5 Å². The molecule has 0 fully saturated rings. The maximum atomic E-state index is 9.69. The number of unbranched alkanes of at least 4 members (excludes halogenated alkanes) is 2. The molecule has 0 aliphatic rings. The molecule has 0 aromatic heterocycles. The van der Waals surface area contributed by atoms with Crippen LogP contribution in [0.2, 0.25) is 0 Å². The van der Waals surface area contributed by atoms with Crippen molar-refractivity contribution in [3.63, 3.8) is 0 Å². The molecule has 16 heavy (non-hydrogen) atoms. The maximum Gasteiger partial charge on any atom is 0.200 e. The van der Waals surface area contributed by atoms with Crippen molar-refractivity contribution >= 4 is 0 Å². The molecule has 0 heterocycles. The molecule has 3 nitrogen and oxygen atoms in total. The lowest BCUT2D eigenvalue weighted by Crippen LogP contribution is -2.00. The molecule has 0 amide bonds. The molecule has 2 N–H and O–H groups in total. The van der Waals surface area contributed by atoms with Gasteiger partial charge in [0.15, 0.2) is 11.5 Å². The minimum Gasteiger partial charge on any atom is -0.504 e. The summed E-state index contributed by atoms with van der Waals surface area (Å²) in [6, 6.07) is 3.28. The van der Waals surface area contributed by atoms with Gasteiger partial charge in [-0.25, -0.2) is 0 Å². The number of phenolic OH excluding ortho intramolecular Hbond substituents is 2. The summed E-state index contributed by atoms with van der Waals surface area (Å²) in [6.07, 6.45) is 3.99. The van der Waals surface area contributed by atoms with Gasteiger partial charge in [-0.3, -0.25) is 0 Å². The molecule has 0 unspecified atom stereocenters. The molecule has 3 heteroatoms. The fourth-order valence-corrected chi connectivity index (χ4v) is 1.57. The van der Waals surface area contributed by atoms with Crippen LogP contribution in [0.25, 0.3) is 0 Å². The summed E-state index contributed by atoms with van der Waals surface area (Å²) in [7, 11) is 0. The van der Waals surface area contributed by atoms with Crippen LogP contribution in [0.15, 0.2) is 12.1 Å². The van der Waals surface area contributed by atoms with Gasteiger partial charge in [0.05, 0.1) is 6.61 Å². The quantitative estimate of drug-likeness (QED) is 0.576. The number of hydrogen-bond donors (Lipinski definition) is 2. The molecule has 1 aromatic carbocycles. The topological polar surface area (TPSA) is 49.7 Å². The van der Waals surface area contributed by atoms with Crippen LogP contribution in [0.4, 0.5) is 0 Å². The van der Waals surface area contributed by atoms with Gasteiger partial charge in [-0.1, -0.05) is 32.8 Å². The van der Waals surface area contributed by atoms with Crippen molar-refractivity contribution in [3.8, 4) is 17.2 Å². The van der Waals surface area contributed by atoms with E-state index in [1.54, 1.807) is 6.07 Å². The molecule has 0 atom stereocenters. The van der Waals surface area contributed by atoms with E-state index in [4.69, 9.17) is 4.74 Å². The van der Waals surface area contributed by atoms with E-state index in [0.29, 0.717) is 12.4 Å². The zero-order chi connectivity index (χ0) is 12.0. The van der Waals surface area contributed by atoms with Gasteiger partial charge in [0.1, 0.15) is 0 Å². The minimum absolute atomic E-state index is 0.123.